The fourth-order valence-corrected chi connectivity index (χ4v) is 10.3. The van der Waals surface area contributed by atoms with Crippen LogP contribution in [0, 0.1) is 52.3 Å². The van der Waals surface area contributed by atoms with Gasteiger partial charge in [0.2, 0.25) is 0 Å². The van der Waals surface area contributed by atoms with Gasteiger partial charge in [-0.15, -0.1) is 0 Å². The van der Waals surface area contributed by atoms with Crippen molar-refractivity contribution < 1.29 is 14.9 Å². The second kappa shape index (κ2) is 9.64. The van der Waals surface area contributed by atoms with Crippen molar-refractivity contribution in [2.45, 2.75) is 130 Å². The summed E-state index contributed by atoms with van der Waals surface area (Å²) < 4.78 is 6.24. The Morgan fingerprint density at radius 3 is 2.26 bits per heavy atom. The fourth-order valence-electron chi connectivity index (χ4n) is 10.3. The molecule has 0 radical (unpaired) electrons. The van der Waals surface area contributed by atoms with Crippen LogP contribution >= 0.6 is 0 Å². The second-order valence-electron chi connectivity index (χ2n) is 14.6. The molecule has 0 heterocycles. The van der Waals surface area contributed by atoms with E-state index in [2.05, 4.69) is 41.5 Å². The van der Waals surface area contributed by atoms with E-state index in [-0.39, 0.29) is 12.0 Å². The molecule has 0 bridgehead atoms. The van der Waals surface area contributed by atoms with Gasteiger partial charge in [-0.2, -0.15) is 0 Å². The smallest absolute Gasteiger partial charge is 0.0944 e. The molecule has 2 N–H and O–H groups in total. The lowest BCUT2D eigenvalue weighted by Crippen LogP contribution is -2.65. The summed E-state index contributed by atoms with van der Waals surface area (Å²) in [5.74, 6) is 5.66. The molecule has 0 unspecified atom stereocenters. The number of hydrogen-bond acceptors (Lipinski definition) is 3. The maximum Gasteiger partial charge on any atom is 0.0944 e. The highest BCUT2D eigenvalue weighted by Gasteiger charge is 2.65. The number of rotatable bonds is 8. The number of aliphatic hydroxyl groups is 2. The third-order valence-corrected chi connectivity index (χ3v) is 12.3. The van der Waals surface area contributed by atoms with Crippen molar-refractivity contribution in [1.29, 1.82) is 0 Å². The van der Waals surface area contributed by atoms with Crippen molar-refractivity contribution in [1.82, 2.24) is 0 Å². The standard InChI is InChI=1S/C31H56O3/c1-21(2)9-8-10-22(3)25-13-14-26-24-12-11-23-19-30(6,33)31(7,34-18-17-32)20-29(23,5)27(24)15-16-28(25,26)4/h21-27,32-33H,8-20H2,1-7H3/t22-,23+,24+,25-,26+,27+,28-,29+,30-,31+/m1/s1. The van der Waals surface area contributed by atoms with E-state index in [0.717, 1.165) is 48.3 Å². The van der Waals surface area contributed by atoms with Crippen LogP contribution in [-0.2, 0) is 4.74 Å². The summed E-state index contributed by atoms with van der Waals surface area (Å²) in [5, 5.41) is 20.9. The van der Waals surface area contributed by atoms with Crippen molar-refractivity contribution in [3.05, 3.63) is 0 Å². The van der Waals surface area contributed by atoms with Gasteiger partial charge in [0.1, 0.15) is 0 Å². The third kappa shape index (κ3) is 4.43. The van der Waals surface area contributed by atoms with E-state index in [9.17, 15) is 10.2 Å². The quantitative estimate of drug-likeness (QED) is 0.388. The third-order valence-electron chi connectivity index (χ3n) is 12.3. The Labute approximate surface area is 210 Å². The number of fused-ring (bicyclic) bond motifs is 5. The molecular weight excluding hydrogens is 420 g/mol. The van der Waals surface area contributed by atoms with E-state index >= 15 is 0 Å². The molecule has 0 aliphatic heterocycles. The molecule has 0 spiro atoms. The summed E-state index contributed by atoms with van der Waals surface area (Å²) >= 11 is 0. The monoisotopic (exact) mass is 476 g/mol. The van der Waals surface area contributed by atoms with Gasteiger partial charge in [0.15, 0.2) is 0 Å². The summed E-state index contributed by atoms with van der Waals surface area (Å²) in [6.07, 6.45) is 14.2. The van der Waals surface area contributed by atoms with Gasteiger partial charge in [0.05, 0.1) is 24.4 Å². The SMILES string of the molecule is CC(C)CCC[C@@H](C)[C@H]1CC[C@H]2[C@@H]3CC[C@H]4C[C@@](C)(O)[C@@](C)(OCCO)C[C@]4(C)[C@H]3CC[C@]12C. The lowest BCUT2D eigenvalue weighted by Gasteiger charge is -2.65. The highest BCUT2D eigenvalue weighted by molar-refractivity contribution is 5.15. The van der Waals surface area contributed by atoms with Crippen molar-refractivity contribution in [2.75, 3.05) is 13.2 Å². The van der Waals surface area contributed by atoms with Crippen LogP contribution in [0.3, 0.4) is 0 Å². The summed E-state index contributed by atoms with van der Waals surface area (Å²) in [5.41, 5.74) is -0.644. The zero-order valence-electron chi connectivity index (χ0n) is 23.5. The highest BCUT2D eigenvalue weighted by atomic mass is 16.5. The van der Waals surface area contributed by atoms with Gasteiger partial charge in [-0.25, -0.2) is 0 Å². The Morgan fingerprint density at radius 2 is 1.59 bits per heavy atom. The van der Waals surface area contributed by atoms with Crippen LogP contribution in [0.1, 0.15) is 119 Å². The molecule has 0 aromatic rings. The van der Waals surface area contributed by atoms with Gasteiger partial charge >= 0.3 is 0 Å². The van der Waals surface area contributed by atoms with E-state index in [0.29, 0.717) is 17.9 Å². The first kappa shape index (κ1) is 26.9. The zero-order valence-corrected chi connectivity index (χ0v) is 23.5. The predicted molar refractivity (Wildman–Crippen MR) is 141 cm³/mol. The molecule has 0 saturated heterocycles. The number of hydrogen-bond donors (Lipinski definition) is 2. The van der Waals surface area contributed by atoms with E-state index in [1.807, 2.05) is 6.92 Å². The molecule has 0 amide bonds. The molecule has 0 aromatic carbocycles. The Morgan fingerprint density at radius 1 is 0.882 bits per heavy atom. The summed E-state index contributed by atoms with van der Waals surface area (Å²) in [7, 11) is 0. The van der Waals surface area contributed by atoms with E-state index in [4.69, 9.17) is 4.74 Å². The molecule has 10 atom stereocenters. The molecule has 4 aliphatic carbocycles. The summed E-state index contributed by atoms with van der Waals surface area (Å²) in [6, 6.07) is 0. The molecule has 4 aliphatic rings. The Bertz CT molecular complexity index is 703. The van der Waals surface area contributed by atoms with Crippen LogP contribution in [0.4, 0.5) is 0 Å². The topological polar surface area (TPSA) is 49.7 Å². The van der Waals surface area contributed by atoms with Crippen LogP contribution in [0.25, 0.3) is 0 Å². The van der Waals surface area contributed by atoms with E-state index < -0.39 is 11.2 Å². The van der Waals surface area contributed by atoms with Gasteiger partial charge in [-0.3, -0.25) is 0 Å². The minimum atomic E-state index is -0.827. The molecule has 0 aromatic heterocycles. The molecular formula is C31H56O3. The molecule has 4 saturated carbocycles. The van der Waals surface area contributed by atoms with Crippen molar-refractivity contribution in [3.63, 3.8) is 0 Å². The van der Waals surface area contributed by atoms with Crippen LogP contribution in [0.5, 0.6) is 0 Å². The molecule has 4 fully saturated rings. The molecule has 3 nitrogen and oxygen atoms in total. The van der Waals surface area contributed by atoms with Crippen molar-refractivity contribution in [2.24, 2.45) is 52.3 Å². The summed E-state index contributed by atoms with van der Waals surface area (Å²) in [4.78, 5) is 0. The van der Waals surface area contributed by atoms with Gasteiger partial charge in [-0.1, -0.05) is 53.9 Å². The maximum absolute atomic E-state index is 11.5. The lowest BCUT2D eigenvalue weighted by atomic mass is 9.42. The van der Waals surface area contributed by atoms with Crippen LogP contribution in [0.15, 0.2) is 0 Å². The normalized spacial score (nSPS) is 49.4. The van der Waals surface area contributed by atoms with Gasteiger partial charge < -0.3 is 14.9 Å². The van der Waals surface area contributed by atoms with E-state index in [1.54, 1.807) is 0 Å². The minimum Gasteiger partial charge on any atom is -0.394 e. The number of aliphatic hydroxyl groups excluding tert-OH is 1. The summed E-state index contributed by atoms with van der Waals surface area (Å²) in [6.45, 7) is 17.0. The lowest BCUT2D eigenvalue weighted by molar-refractivity contribution is -0.251. The molecule has 198 valence electrons. The maximum atomic E-state index is 11.5. The first-order valence-corrected chi connectivity index (χ1v) is 14.8. The minimum absolute atomic E-state index is 0.0229. The first-order valence-electron chi connectivity index (χ1n) is 14.8. The average Bonchev–Trinajstić information content (AvgIpc) is 3.10. The second-order valence-corrected chi connectivity index (χ2v) is 14.6. The first-order chi connectivity index (χ1) is 15.9. The predicted octanol–water partition coefficient (Wildman–Crippen LogP) is 7.24. The highest BCUT2D eigenvalue weighted by Crippen LogP contribution is 2.70. The van der Waals surface area contributed by atoms with Crippen molar-refractivity contribution >= 4 is 0 Å². The van der Waals surface area contributed by atoms with E-state index in [1.165, 1.54) is 57.8 Å². The van der Waals surface area contributed by atoms with Gasteiger partial charge in [-0.05, 0) is 117 Å². The van der Waals surface area contributed by atoms with Crippen molar-refractivity contribution in [3.8, 4) is 0 Å². The van der Waals surface area contributed by atoms with Gasteiger partial charge in [0, 0.05) is 0 Å². The largest absolute Gasteiger partial charge is 0.394 e. The number of ether oxygens (including phenoxy) is 1. The van der Waals surface area contributed by atoms with Crippen LogP contribution in [-0.4, -0.2) is 34.6 Å². The molecule has 4 rings (SSSR count). The van der Waals surface area contributed by atoms with Crippen LogP contribution < -0.4 is 0 Å². The fraction of sp³-hybridized carbons (Fsp3) is 1.00. The van der Waals surface area contributed by atoms with Crippen LogP contribution in [0.2, 0.25) is 0 Å². The van der Waals surface area contributed by atoms with Gasteiger partial charge in [0.25, 0.3) is 0 Å². The molecule has 34 heavy (non-hydrogen) atoms. The zero-order chi connectivity index (χ0) is 24.9. The molecule has 3 heteroatoms. The Kier molecular flexibility index (Phi) is 7.63. The average molecular weight is 477 g/mol. The Balaban J connectivity index is 1.52. The Hall–Kier alpha value is -0.120.